The first kappa shape index (κ1) is 20.3. The number of hydrogen-bond donors (Lipinski definition) is 3. The number of aliphatic hydroxyl groups is 1. The summed E-state index contributed by atoms with van der Waals surface area (Å²) in [6.07, 6.45) is 0.453. The lowest BCUT2D eigenvalue weighted by Crippen LogP contribution is -2.50. The highest BCUT2D eigenvalue weighted by Gasteiger charge is 2.26. The van der Waals surface area contributed by atoms with E-state index < -0.39 is 24.0 Å². The quantitative estimate of drug-likeness (QED) is 0.553. The van der Waals surface area contributed by atoms with Crippen LogP contribution >= 0.6 is 0 Å². The lowest BCUT2D eigenvalue weighted by Gasteiger charge is -2.18. The fourth-order valence-electron chi connectivity index (χ4n) is 2.93. The molecular weight excluding hydrogens is 379 g/mol. The summed E-state index contributed by atoms with van der Waals surface area (Å²) in [4.78, 5) is 24.2. The van der Waals surface area contributed by atoms with E-state index in [1.807, 2.05) is 0 Å². The van der Waals surface area contributed by atoms with Gasteiger partial charge in [-0.3, -0.25) is 9.59 Å². The number of primary amides is 1. The van der Waals surface area contributed by atoms with Crippen LogP contribution in [0.4, 0.5) is 4.39 Å². The Kier molecular flexibility index (Phi) is 5.79. The highest BCUT2D eigenvalue weighted by atomic mass is 19.1. The van der Waals surface area contributed by atoms with Crippen molar-refractivity contribution in [1.29, 1.82) is 0 Å². The van der Waals surface area contributed by atoms with Crippen molar-refractivity contribution in [3.8, 4) is 5.75 Å². The Morgan fingerprint density at radius 3 is 2.72 bits per heavy atom. The standard InChI is InChI=1S/C20H21FN4O4/c1-11-17(20(28)23-18(12(2)26)19(22)27)16-9-14(7-8-25(16)24-11)29-10-13-5-3-4-6-15(13)21/h3-9,12,18,26H,10H2,1-2H3,(H2,22,27)(H,23,28)/t12-,18+/m1/s1. The zero-order valence-corrected chi connectivity index (χ0v) is 15.9. The van der Waals surface area contributed by atoms with E-state index >= 15 is 0 Å². The maximum Gasteiger partial charge on any atom is 0.256 e. The Bertz CT molecular complexity index is 1060. The van der Waals surface area contributed by atoms with Crippen molar-refractivity contribution in [2.45, 2.75) is 32.6 Å². The highest BCUT2D eigenvalue weighted by molar-refractivity contribution is 6.04. The molecule has 0 radical (unpaired) electrons. The number of nitrogens with zero attached hydrogens (tertiary/aromatic N) is 2. The van der Waals surface area contributed by atoms with Crippen molar-refractivity contribution >= 4 is 17.3 Å². The van der Waals surface area contributed by atoms with Gasteiger partial charge in [0.25, 0.3) is 5.91 Å². The summed E-state index contributed by atoms with van der Waals surface area (Å²) < 4.78 is 20.9. The van der Waals surface area contributed by atoms with Crippen LogP contribution in [0, 0.1) is 12.7 Å². The van der Waals surface area contributed by atoms with Crippen LogP contribution in [0.2, 0.25) is 0 Å². The van der Waals surface area contributed by atoms with Crippen molar-refractivity contribution in [1.82, 2.24) is 14.9 Å². The lowest BCUT2D eigenvalue weighted by molar-refractivity contribution is -0.122. The van der Waals surface area contributed by atoms with E-state index in [0.29, 0.717) is 22.5 Å². The van der Waals surface area contributed by atoms with E-state index in [0.717, 1.165) is 0 Å². The molecule has 2 atom stereocenters. The van der Waals surface area contributed by atoms with Crippen molar-refractivity contribution in [3.05, 3.63) is 65.2 Å². The fourth-order valence-corrected chi connectivity index (χ4v) is 2.93. The van der Waals surface area contributed by atoms with Gasteiger partial charge in [-0.25, -0.2) is 8.91 Å². The molecule has 152 valence electrons. The molecule has 4 N–H and O–H groups in total. The number of amides is 2. The number of fused-ring (bicyclic) bond motifs is 1. The third-order valence-electron chi connectivity index (χ3n) is 4.44. The number of nitrogens with one attached hydrogen (secondary N) is 1. The summed E-state index contributed by atoms with van der Waals surface area (Å²) in [5, 5.41) is 16.4. The summed E-state index contributed by atoms with van der Waals surface area (Å²) >= 11 is 0. The predicted octanol–water partition coefficient (Wildman–Crippen LogP) is 1.33. The number of carbonyl (C=O) groups is 2. The molecule has 1 aromatic carbocycles. The zero-order valence-electron chi connectivity index (χ0n) is 15.9. The number of aryl methyl sites for hydroxylation is 1. The Balaban J connectivity index is 1.87. The molecule has 8 nitrogen and oxygen atoms in total. The molecule has 0 unspecified atom stereocenters. The van der Waals surface area contributed by atoms with Crippen LogP contribution in [0.15, 0.2) is 42.6 Å². The van der Waals surface area contributed by atoms with E-state index in [-0.39, 0.29) is 18.0 Å². The summed E-state index contributed by atoms with van der Waals surface area (Å²) in [6, 6.07) is 8.28. The van der Waals surface area contributed by atoms with E-state index in [2.05, 4.69) is 10.4 Å². The number of halogens is 1. The number of aromatic nitrogens is 2. The summed E-state index contributed by atoms with van der Waals surface area (Å²) in [6.45, 7) is 3.01. The van der Waals surface area contributed by atoms with Gasteiger partial charge in [0.05, 0.1) is 22.9 Å². The first-order chi connectivity index (χ1) is 13.8. The minimum atomic E-state index is -1.24. The predicted molar refractivity (Wildman–Crippen MR) is 103 cm³/mol. The molecule has 0 spiro atoms. The topological polar surface area (TPSA) is 119 Å². The second-order valence-electron chi connectivity index (χ2n) is 6.63. The molecule has 2 amide bonds. The SMILES string of the molecule is Cc1nn2ccc(OCc3ccccc3F)cc2c1C(=O)N[C@H](C(N)=O)[C@@H](C)O. The zero-order chi connectivity index (χ0) is 21.1. The molecule has 0 aliphatic heterocycles. The third kappa shape index (κ3) is 4.35. The molecule has 0 saturated carbocycles. The number of benzene rings is 1. The number of hydrogen-bond acceptors (Lipinski definition) is 5. The molecule has 2 aromatic heterocycles. The maximum absolute atomic E-state index is 13.8. The maximum atomic E-state index is 13.8. The van der Waals surface area contributed by atoms with Crippen LogP contribution in [0.25, 0.3) is 5.52 Å². The summed E-state index contributed by atoms with van der Waals surface area (Å²) in [5.41, 5.74) is 6.70. The monoisotopic (exact) mass is 400 g/mol. The summed E-state index contributed by atoms with van der Waals surface area (Å²) in [5.74, 6) is -1.41. The number of ether oxygens (including phenoxy) is 1. The molecule has 2 heterocycles. The van der Waals surface area contributed by atoms with Crippen LogP contribution in [0.3, 0.4) is 0 Å². The van der Waals surface area contributed by atoms with E-state index in [1.165, 1.54) is 17.5 Å². The van der Waals surface area contributed by atoms with Crippen molar-refractivity contribution < 1.29 is 23.8 Å². The van der Waals surface area contributed by atoms with E-state index in [1.54, 1.807) is 43.5 Å². The number of rotatable bonds is 7. The lowest BCUT2D eigenvalue weighted by atomic mass is 10.1. The van der Waals surface area contributed by atoms with Gasteiger partial charge < -0.3 is 20.9 Å². The van der Waals surface area contributed by atoms with Gasteiger partial charge in [0.2, 0.25) is 5.91 Å². The molecule has 0 fully saturated rings. The van der Waals surface area contributed by atoms with Gasteiger partial charge in [-0.1, -0.05) is 18.2 Å². The Morgan fingerprint density at radius 2 is 2.07 bits per heavy atom. The summed E-state index contributed by atoms with van der Waals surface area (Å²) in [7, 11) is 0. The van der Waals surface area contributed by atoms with Gasteiger partial charge in [0, 0.05) is 17.8 Å². The van der Waals surface area contributed by atoms with Crippen molar-refractivity contribution in [2.75, 3.05) is 0 Å². The van der Waals surface area contributed by atoms with Crippen LogP contribution < -0.4 is 15.8 Å². The molecular formula is C20H21FN4O4. The second kappa shape index (κ2) is 8.27. The van der Waals surface area contributed by atoms with Gasteiger partial charge in [-0.2, -0.15) is 5.10 Å². The first-order valence-electron chi connectivity index (χ1n) is 8.91. The van der Waals surface area contributed by atoms with E-state index in [9.17, 15) is 19.1 Å². The molecule has 3 rings (SSSR count). The molecule has 0 bridgehead atoms. The Morgan fingerprint density at radius 1 is 1.34 bits per heavy atom. The molecule has 9 heteroatoms. The van der Waals surface area contributed by atoms with Crippen LogP contribution in [0.5, 0.6) is 5.75 Å². The van der Waals surface area contributed by atoms with E-state index in [4.69, 9.17) is 10.5 Å². The number of carbonyl (C=O) groups excluding carboxylic acids is 2. The largest absolute Gasteiger partial charge is 0.489 e. The van der Waals surface area contributed by atoms with Crippen LogP contribution in [0.1, 0.15) is 28.5 Å². The Labute approximate surface area is 166 Å². The number of aliphatic hydroxyl groups excluding tert-OH is 1. The molecule has 3 aromatic rings. The smallest absolute Gasteiger partial charge is 0.256 e. The van der Waals surface area contributed by atoms with Crippen molar-refractivity contribution in [3.63, 3.8) is 0 Å². The highest BCUT2D eigenvalue weighted by Crippen LogP contribution is 2.22. The normalized spacial score (nSPS) is 13.1. The minimum Gasteiger partial charge on any atom is -0.489 e. The molecule has 0 aliphatic carbocycles. The Hall–Kier alpha value is -3.46. The average Bonchev–Trinajstić information content (AvgIpc) is 2.99. The van der Waals surface area contributed by atoms with Gasteiger partial charge in [-0.15, -0.1) is 0 Å². The van der Waals surface area contributed by atoms with Gasteiger partial charge in [-0.05, 0) is 26.0 Å². The van der Waals surface area contributed by atoms with Crippen LogP contribution in [-0.2, 0) is 11.4 Å². The number of pyridine rings is 1. The van der Waals surface area contributed by atoms with Crippen molar-refractivity contribution in [2.24, 2.45) is 5.73 Å². The van der Waals surface area contributed by atoms with Gasteiger partial charge in [0.15, 0.2) is 0 Å². The average molecular weight is 400 g/mol. The second-order valence-corrected chi connectivity index (χ2v) is 6.63. The third-order valence-corrected chi connectivity index (χ3v) is 4.44. The molecule has 0 saturated heterocycles. The van der Waals surface area contributed by atoms with Gasteiger partial charge in [0.1, 0.15) is 24.2 Å². The molecule has 29 heavy (non-hydrogen) atoms. The van der Waals surface area contributed by atoms with Gasteiger partial charge >= 0.3 is 0 Å². The van der Waals surface area contributed by atoms with Crippen LogP contribution in [-0.4, -0.2) is 38.7 Å². The minimum absolute atomic E-state index is 0.0171. The fraction of sp³-hybridized carbons (Fsp3) is 0.250. The first-order valence-corrected chi connectivity index (χ1v) is 8.91. The number of nitrogens with two attached hydrogens (primary N) is 1. The molecule has 0 aliphatic rings.